The molecule has 2 aromatic carbocycles. The smallest absolute Gasteiger partial charge is 0.195 e. The van der Waals surface area contributed by atoms with Crippen LogP contribution in [0.3, 0.4) is 0 Å². The van der Waals surface area contributed by atoms with E-state index in [0.29, 0.717) is 11.1 Å². The van der Waals surface area contributed by atoms with Gasteiger partial charge in [0.25, 0.3) is 0 Å². The largest absolute Gasteiger partial charge is 0.497 e. The normalized spacial score (nSPS) is 11.7. The third kappa shape index (κ3) is 2.87. The number of aromatic amines is 1. The van der Waals surface area contributed by atoms with Gasteiger partial charge >= 0.3 is 0 Å². The summed E-state index contributed by atoms with van der Waals surface area (Å²) in [5, 5.41) is 0.884. The molecular weight excluding hydrogens is 286 g/mol. The molecule has 0 saturated carbocycles. The van der Waals surface area contributed by atoms with Gasteiger partial charge in [0, 0.05) is 28.2 Å². The second-order valence-electron chi connectivity index (χ2n) is 6.77. The van der Waals surface area contributed by atoms with Gasteiger partial charge in [-0.3, -0.25) is 4.79 Å². The standard InChI is InChI=1S/C20H21NO2/c1-20(2,3)14-7-5-13(6-8-14)19(22)17-12-21-18-10-9-15(23-4)11-16(17)18/h5-12,21H,1-4H3. The third-order valence-corrected chi connectivity index (χ3v) is 4.15. The lowest BCUT2D eigenvalue weighted by atomic mass is 9.86. The molecule has 3 heteroatoms. The molecule has 3 aromatic rings. The monoisotopic (exact) mass is 307 g/mol. The summed E-state index contributed by atoms with van der Waals surface area (Å²) in [6.45, 7) is 6.49. The molecule has 0 fully saturated rings. The van der Waals surface area contributed by atoms with Gasteiger partial charge in [0.1, 0.15) is 5.75 Å². The van der Waals surface area contributed by atoms with Gasteiger partial charge in [0.05, 0.1) is 7.11 Å². The molecule has 23 heavy (non-hydrogen) atoms. The van der Waals surface area contributed by atoms with Crippen molar-refractivity contribution < 1.29 is 9.53 Å². The van der Waals surface area contributed by atoms with Crippen molar-refractivity contribution in [2.75, 3.05) is 7.11 Å². The zero-order valence-electron chi connectivity index (χ0n) is 13.9. The molecule has 0 aliphatic heterocycles. The molecule has 3 nitrogen and oxygen atoms in total. The van der Waals surface area contributed by atoms with Crippen LogP contribution in [0.2, 0.25) is 0 Å². The number of benzene rings is 2. The number of carbonyl (C=O) groups is 1. The minimum atomic E-state index is 0.0185. The molecule has 118 valence electrons. The minimum absolute atomic E-state index is 0.0185. The molecule has 1 aromatic heterocycles. The highest BCUT2D eigenvalue weighted by Crippen LogP contribution is 2.27. The maximum atomic E-state index is 12.8. The van der Waals surface area contributed by atoms with Gasteiger partial charge in [-0.25, -0.2) is 0 Å². The summed E-state index contributed by atoms with van der Waals surface area (Å²) < 4.78 is 5.26. The molecule has 0 bridgehead atoms. The molecule has 0 amide bonds. The van der Waals surface area contributed by atoms with Crippen LogP contribution >= 0.6 is 0 Å². The predicted octanol–water partition coefficient (Wildman–Crippen LogP) is 4.71. The summed E-state index contributed by atoms with van der Waals surface area (Å²) in [4.78, 5) is 16.0. The van der Waals surface area contributed by atoms with E-state index >= 15 is 0 Å². The molecule has 0 aliphatic carbocycles. The van der Waals surface area contributed by atoms with Gasteiger partial charge in [-0.05, 0) is 29.2 Å². The topological polar surface area (TPSA) is 42.1 Å². The van der Waals surface area contributed by atoms with Gasteiger partial charge in [0.2, 0.25) is 0 Å². The Bertz CT molecular complexity index is 851. The Labute approximate surface area is 136 Å². The van der Waals surface area contributed by atoms with Crippen molar-refractivity contribution in [2.45, 2.75) is 26.2 Å². The lowest BCUT2D eigenvalue weighted by Gasteiger charge is -2.18. The number of H-pyrrole nitrogens is 1. The first-order valence-electron chi connectivity index (χ1n) is 7.70. The fourth-order valence-corrected chi connectivity index (χ4v) is 2.69. The number of carbonyl (C=O) groups excluding carboxylic acids is 1. The van der Waals surface area contributed by atoms with Crippen molar-refractivity contribution >= 4 is 16.7 Å². The number of methoxy groups -OCH3 is 1. The number of ether oxygens (including phenoxy) is 1. The van der Waals surface area contributed by atoms with Crippen LogP contribution in [0.4, 0.5) is 0 Å². The number of hydrogen-bond donors (Lipinski definition) is 1. The molecule has 3 rings (SSSR count). The summed E-state index contributed by atoms with van der Waals surface area (Å²) >= 11 is 0. The maximum absolute atomic E-state index is 12.8. The van der Waals surface area contributed by atoms with Crippen molar-refractivity contribution in [1.29, 1.82) is 0 Å². The molecule has 1 N–H and O–H groups in total. The van der Waals surface area contributed by atoms with E-state index in [1.165, 1.54) is 5.56 Å². The first kappa shape index (κ1) is 15.3. The number of aromatic nitrogens is 1. The van der Waals surface area contributed by atoms with Crippen LogP contribution in [0, 0.1) is 0 Å². The molecule has 1 heterocycles. The number of hydrogen-bond acceptors (Lipinski definition) is 2. The minimum Gasteiger partial charge on any atom is -0.497 e. The Morgan fingerprint density at radius 2 is 1.74 bits per heavy atom. The third-order valence-electron chi connectivity index (χ3n) is 4.15. The maximum Gasteiger partial charge on any atom is 0.195 e. The van der Waals surface area contributed by atoms with Gasteiger partial charge in [0.15, 0.2) is 5.78 Å². The van der Waals surface area contributed by atoms with Gasteiger partial charge in [-0.2, -0.15) is 0 Å². The van der Waals surface area contributed by atoms with Crippen LogP contribution in [0.5, 0.6) is 5.75 Å². The van der Waals surface area contributed by atoms with Crippen LogP contribution in [0.25, 0.3) is 10.9 Å². The molecule has 0 saturated heterocycles. The lowest BCUT2D eigenvalue weighted by Crippen LogP contribution is -2.11. The van der Waals surface area contributed by atoms with Gasteiger partial charge < -0.3 is 9.72 Å². The highest BCUT2D eigenvalue weighted by Gasteiger charge is 2.17. The van der Waals surface area contributed by atoms with Gasteiger partial charge in [-0.1, -0.05) is 45.0 Å². The van der Waals surface area contributed by atoms with E-state index in [1.54, 1.807) is 13.3 Å². The molecule has 0 unspecified atom stereocenters. The fourth-order valence-electron chi connectivity index (χ4n) is 2.69. The summed E-state index contributed by atoms with van der Waals surface area (Å²) in [5.74, 6) is 0.763. The van der Waals surface area contributed by atoms with Crippen molar-refractivity contribution in [3.8, 4) is 5.75 Å². The van der Waals surface area contributed by atoms with Gasteiger partial charge in [-0.15, -0.1) is 0 Å². The number of ketones is 1. The quantitative estimate of drug-likeness (QED) is 0.712. The second-order valence-corrected chi connectivity index (χ2v) is 6.77. The Hall–Kier alpha value is -2.55. The zero-order valence-corrected chi connectivity index (χ0v) is 13.9. The van der Waals surface area contributed by atoms with Crippen LogP contribution in [-0.4, -0.2) is 17.9 Å². The number of nitrogens with one attached hydrogen (secondary N) is 1. The van der Waals surface area contributed by atoms with Crippen molar-refractivity contribution in [3.05, 3.63) is 65.4 Å². The average Bonchev–Trinajstić information content (AvgIpc) is 2.96. The highest BCUT2D eigenvalue weighted by atomic mass is 16.5. The summed E-state index contributed by atoms with van der Waals surface area (Å²) in [7, 11) is 1.63. The Balaban J connectivity index is 2.00. The molecular formula is C20H21NO2. The van der Waals surface area contributed by atoms with Crippen LogP contribution in [0.15, 0.2) is 48.7 Å². The summed E-state index contributed by atoms with van der Waals surface area (Å²) in [6, 6.07) is 13.6. The molecule has 0 radical (unpaired) electrons. The van der Waals surface area contributed by atoms with Crippen molar-refractivity contribution in [3.63, 3.8) is 0 Å². The van der Waals surface area contributed by atoms with Crippen LogP contribution in [-0.2, 0) is 5.41 Å². The predicted molar refractivity (Wildman–Crippen MR) is 93.4 cm³/mol. The van der Waals surface area contributed by atoms with E-state index < -0.39 is 0 Å². The highest BCUT2D eigenvalue weighted by molar-refractivity contribution is 6.16. The summed E-state index contributed by atoms with van der Waals surface area (Å²) in [5.41, 5.74) is 3.59. The van der Waals surface area contributed by atoms with E-state index in [0.717, 1.165) is 16.7 Å². The van der Waals surface area contributed by atoms with Crippen LogP contribution in [0.1, 0.15) is 42.3 Å². The van der Waals surface area contributed by atoms with E-state index in [2.05, 4.69) is 25.8 Å². The summed E-state index contributed by atoms with van der Waals surface area (Å²) in [6.07, 6.45) is 1.77. The fraction of sp³-hybridized carbons (Fsp3) is 0.250. The SMILES string of the molecule is COc1ccc2[nH]cc(C(=O)c3ccc(C(C)(C)C)cc3)c2c1. The molecule has 0 aliphatic rings. The van der Waals surface area contributed by atoms with E-state index in [-0.39, 0.29) is 11.2 Å². The number of rotatable bonds is 3. The zero-order chi connectivity index (χ0) is 16.6. The number of fused-ring (bicyclic) bond motifs is 1. The van der Waals surface area contributed by atoms with E-state index in [9.17, 15) is 4.79 Å². The van der Waals surface area contributed by atoms with Crippen LogP contribution < -0.4 is 4.74 Å². The lowest BCUT2D eigenvalue weighted by molar-refractivity contribution is 0.104. The van der Waals surface area contributed by atoms with E-state index in [4.69, 9.17) is 4.74 Å². The van der Waals surface area contributed by atoms with Crippen molar-refractivity contribution in [1.82, 2.24) is 4.98 Å². The molecule has 0 spiro atoms. The Kier molecular flexibility index (Phi) is 3.72. The Morgan fingerprint density at radius 1 is 1.04 bits per heavy atom. The Morgan fingerprint density at radius 3 is 2.35 bits per heavy atom. The first-order valence-corrected chi connectivity index (χ1v) is 7.70. The average molecular weight is 307 g/mol. The second kappa shape index (κ2) is 5.58. The van der Waals surface area contributed by atoms with Crippen molar-refractivity contribution in [2.24, 2.45) is 0 Å². The first-order chi connectivity index (χ1) is 10.9. The van der Waals surface area contributed by atoms with E-state index in [1.807, 2.05) is 42.5 Å². The molecule has 0 atom stereocenters.